The van der Waals surface area contributed by atoms with E-state index >= 15 is 0 Å². The van der Waals surface area contributed by atoms with Crippen molar-refractivity contribution in [1.82, 2.24) is 5.32 Å². The van der Waals surface area contributed by atoms with Crippen molar-refractivity contribution in [1.29, 1.82) is 0 Å². The van der Waals surface area contributed by atoms with Crippen LogP contribution in [-0.4, -0.2) is 23.6 Å². The summed E-state index contributed by atoms with van der Waals surface area (Å²) in [5.74, 6) is -1.07. The van der Waals surface area contributed by atoms with Gasteiger partial charge in [-0.2, -0.15) is 0 Å². The summed E-state index contributed by atoms with van der Waals surface area (Å²) < 4.78 is 5.78. The molecule has 0 atom stereocenters. The molecule has 0 bridgehead atoms. The van der Waals surface area contributed by atoms with E-state index in [0.29, 0.717) is 22.7 Å². The molecule has 0 aliphatic carbocycles. The molecular weight excluding hydrogens is 384 g/mol. The summed E-state index contributed by atoms with van der Waals surface area (Å²) in [6, 6.07) is 16.3. The van der Waals surface area contributed by atoms with Crippen LogP contribution in [0.4, 0.5) is 5.69 Å². The lowest BCUT2D eigenvalue weighted by atomic mass is 10.1. The first kappa shape index (κ1) is 17.8. The highest BCUT2D eigenvalue weighted by Crippen LogP contribution is 2.33. The number of carbonyl (C=O) groups excluding carboxylic acids is 4. The number of amides is 4. The van der Waals surface area contributed by atoms with E-state index in [9.17, 15) is 19.2 Å². The lowest BCUT2D eigenvalue weighted by Crippen LogP contribution is -2.29. The Hall–Kier alpha value is -4.26. The van der Waals surface area contributed by atoms with Crippen molar-refractivity contribution in [2.45, 2.75) is 6.92 Å². The minimum absolute atomic E-state index is 0.232. The molecular formula is C23H14N2O5. The van der Waals surface area contributed by atoms with Gasteiger partial charge in [0.25, 0.3) is 23.6 Å². The first-order chi connectivity index (χ1) is 14.4. The quantitative estimate of drug-likeness (QED) is 0.682. The molecule has 3 aromatic rings. The second-order valence-corrected chi connectivity index (χ2v) is 7.08. The largest absolute Gasteiger partial charge is 0.457 e. The van der Waals surface area contributed by atoms with Gasteiger partial charge in [-0.25, -0.2) is 4.90 Å². The first-order valence-electron chi connectivity index (χ1n) is 9.19. The molecule has 30 heavy (non-hydrogen) atoms. The van der Waals surface area contributed by atoms with E-state index in [1.807, 2.05) is 13.0 Å². The molecule has 0 spiro atoms. The molecule has 2 heterocycles. The van der Waals surface area contributed by atoms with Gasteiger partial charge in [0, 0.05) is 0 Å². The van der Waals surface area contributed by atoms with Gasteiger partial charge in [0.1, 0.15) is 11.5 Å². The zero-order chi connectivity index (χ0) is 21.0. The lowest BCUT2D eigenvalue weighted by molar-refractivity contribution is 0.0874. The molecule has 0 fully saturated rings. The van der Waals surface area contributed by atoms with Crippen LogP contribution in [-0.2, 0) is 0 Å². The van der Waals surface area contributed by atoms with Crippen LogP contribution in [0.3, 0.4) is 0 Å². The van der Waals surface area contributed by atoms with Gasteiger partial charge in [0.2, 0.25) is 0 Å². The molecule has 2 aliphatic heterocycles. The van der Waals surface area contributed by atoms with Crippen LogP contribution in [0.25, 0.3) is 0 Å². The van der Waals surface area contributed by atoms with Gasteiger partial charge in [-0.3, -0.25) is 24.5 Å². The van der Waals surface area contributed by atoms with Crippen LogP contribution in [0, 0.1) is 6.92 Å². The summed E-state index contributed by atoms with van der Waals surface area (Å²) in [5.41, 5.74) is 2.51. The zero-order valence-corrected chi connectivity index (χ0v) is 15.8. The van der Waals surface area contributed by atoms with Crippen LogP contribution in [0.2, 0.25) is 0 Å². The average molecular weight is 398 g/mol. The molecule has 0 saturated carbocycles. The van der Waals surface area contributed by atoms with Crippen LogP contribution in [0.15, 0.2) is 60.7 Å². The fourth-order valence-corrected chi connectivity index (χ4v) is 3.63. The van der Waals surface area contributed by atoms with Crippen LogP contribution >= 0.6 is 0 Å². The Morgan fingerprint density at radius 2 is 1.33 bits per heavy atom. The molecule has 1 N–H and O–H groups in total. The van der Waals surface area contributed by atoms with Gasteiger partial charge in [-0.1, -0.05) is 12.1 Å². The second-order valence-electron chi connectivity index (χ2n) is 7.08. The highest BCUT2D eigenvalue weighted by atomic mass is 16.5. The fraction of sp³-hybridized carbons (Fsp3) is 0.0435. The summed E-state index contributed by atoms with van der Waals surface area (Å²) in [6.07, 6.45) is 0. The summed E-state index contributed by atoms with van der Waals surface area (Å²) in [5, 5.41) is 2.22. The second kappa shape index (κ2) is 6.38. The maximum Gasteiger partial charge on any atom is 0.266 e. The third kappa shape index (κ3) is 2.68. The van der Waals surface area contributed by atoms with E-state index in [-0.39, 0.29) is 22.6 Å². The number of rotatable bonds is 3. The van der Waals surface area contributed by atoms with E-state index < -0.39 is 17.7 Å². The zero-order valence-electron chi connectivity index (χ0n) is 15.8. The van der Waals surface area contributed by atoms with Gasteiger partial charge in [-0.15, -0.1) is 0 Å². The number of ether oxygens (including phenoxy) is 1. The van der Waals surface area contributed by atoms with Gasteiger partial charge in [-0.05, 0) is 61.0 Å². The molecule has 146 valence electrons. The van der Waals surface area contributed by atoms with E-state index in [1.54, 1.807) is 36.4 Å². The Kier molecular flexibility index (Phi) is 3.79. The molecule has 3 aromatic carbocycles. The van der Waals surface area contributed by atoms with Crippen molar-refractivity contribution in [3.05, 3.63) is 88.5 Å². The number of hydrogen-bond donors (Lipinski definition) is 1. The topological polar surface area (TPSA) is 92.8 Å². The highest BCUT2D eigenvalue weighted by molar-refractivity contribution is 6.34. The molecule has 2 aliphatic rings. The lowest BCUT2D eigenvalue weighted by Gasteiger charge is -2.14. The fourth-order valence-electron chi connectivity index (χ4n) is 3.63. The van der Waals surface area contributed by atoms with Crippen molar-refractivity contribution in [3.8, 4) is 11.5 Å². The molecule has 0 unspecified atom stereocenters. The van der Waals surface area contributed by atoms with Crippen LogP contribution < -0.4 is 15.0 Å². The monoisotopic (exact) mass is 398 g/mol. The van der Waals surface area contributed by atoms with Crippen molar-refractivity contribution in [2.24, 2.45) is 0 Å². The number of hydrogen-bond acceptors (Lipinski definition) is 5. The SMILES string of the molecule is Cc1cccc(N2C(=O)c3ccc(Oc4ccc5c(c4)C(=O)NC5=O)cc3C2=O)c1. The predicted octanol–water partition coefficient (Wildman–Crippen LogP) is 3.47. The van der Waals surface area contributed by atoms with E-state index in [4.69, 9.17) is 4.74 Å². The average Bonchev–Trinajstić information content (AvgIpc) is 3.14. The first-order valence-corrected chi connectivity index (χ1v) is 9.19. The summed E-state index contributed by atoms with van der Waals surface area (Å²) in [4.78, 5) is 50.3. The Morgan fingerprint density at radius 1 is 0.700 bits per heavy atom. The van der Waals surface area contributed by atoms with Crippen molar-refractivity contribution < 1.29 is 23.9 Å². The van der Waals surface area contributed by atoms with Crippen molar-refractivity contribution >= 4 is 29.3 Å². The third-order valence-corrected chi connectivity index (χ3v) is 5.06. The molecule has 7 nitrogen and oxygen atoms in total. The molecule has 0 radical (unpaired) electrons. The molecule has 7 heteroatoms. The summed E-state index contributed by atoms with van der Waals surface area (Å²) in [7, 11) is 0. The molecule has 0 saturated heterocycles. The van der Waals surface area contributed by atoms with Crippen LogP contribution in [0.1, 0.15) is 47.0 Å². The number of anilines is 1. The molecule has 0 aromatic heterocycles. The highest BCUT2D eigenvalue weighted by Gasteiger charge is 2.37. The summed E-state index contributed by atoms with van der Waals surface area (Å²) >= 11 is 0. The molecule has 5 rings (SSSR count). The number of imide groups is 2. The minimum atomic E-state index is -0.482. The number of carbonyl (C=O) groups is 4. The Labute approximate surface area is 170 Å². The maximum atomic E-state index is 12.9. The minimum Gasteiger partial charge on any atom is -0.457 e. The van der Waals surface area contributed by atoms with Gasteiger partial charge in [0.05, 0.1) is 27.9 Å². The van der Waals surface area contributed by atoms with E-state index in [1.165, 1.54) is 18.2 Å². The number of aryl methyl sites for hydroxylation is 1. The Bertz CT molecular complexity index is 1290. The number of nitrogens with zero attached hydrogens (tertiary/aromatic N) is 1. The Morgan fingerprint density at radius 3 is 2.07 bits per heavy atom. The van der Waals surface area contributed by atoms with Gasteiger partial charge < -0.3 is 4.74 Å². The van der Waals surface area contributed by atoms with Crippen molar-refractivity contribution in [2.75, 3.05) is 4.90 Å². The van der Waals surface area contributed by atoms with Crippen LogP contribution in [0.5, 0.6) is 11.5 Å². The normalized spacial score (nSPS) is 14.6. The molecule has 4 amide bonds. The van der Waals surface area contributed by atoms with Crippen molar-refractivity contribution in [3.63, 3.8) is 0 Å². The van der Waals surface area contributed by atoms with Gasteiger partial charge >= 0.3 is 0 Å². The van der Waals surface area contributed by atoms with E-state index in [0.717, 1.165) is 10.5 Å². The predicted molar refractivity (Wildman–Crippen MR) is 107 cm³/mol. The van der Waals surface area contributed by atoms with E-state index in [2.05, 4.69) is 5.32 Å². The summed E-state index contributed by atoms with van der Waals surface area (Å²) in [6.45, 7) is 1.89. The smallest absolute Gasteiger partial charge is 0.266 e. The van der Waals surface area contributed by atoms with Gasteiger partial charge in [0.15, 0.2) is 0 Å². The maximum absolute atomic E-state index is 12.9. The number of nitrogens with one attached hydrogen (secondary N) is 1. The number of fused-ring (bicyclic) bond motifs is 2. The third-order valence-electron chi connectivity index (χ3n) is 5.06. The number of benzene rings is 3. The Balaban J connectivity index is 1.46. The standard InChI is InChI=1S/C23H14N2O5/c1-12-3-2-4-13(9-12)25-22(28)17-8-6-15(11-19(17)23(25)29)30-14-5-7-16-18(10-14)21(27)24-20(16)26/h2-11H,1H3,(H,24,26,27).